The van der Waals surface area contributed by atoms with Crippen molar-refractivity contribution in [3.05, 3.63) is 82.3 Å². The van der Waals surface area contributed by atoms with Crippen LogP contribution < -0.4 is 14.4 Å². The van der Waals surface area contributed by atoms with E-state index >= 15 is 0 Å². The van der Waals surface area contributed by atoms with Gasteiger partial charge >= 0.3 is 0 Å². The van der Waals surface area contributed by atoms with Gasteiger partial charge in [0.1, 0.15) is 18.3 Å². The first-order chi connectivity index (χ1) is 20.4. The van der Waals surface area contributed by atoms with Crippen LogP contribution in [0.5, 0.6) is 5.75 Å². The van der Waals surface area contributed by atoms with Gasteiger partial charge in [-0.3, -0.25) is 13.9 Å². The Morgan fingerprint density at radius 2 is 1.63 bits per heavy atom. The topological polar surface area (TPSA) is 96.0 Å². The highest BCUT2D eigenvalue weighted by molar-refractivity contribution is 7.98. The molecule has 0 aliphatic rings. The molecule has 0 aromatic heterocycles. The fourth-order valence-electron chi connectivity index (χ4n) is 4.41. The van der Waals surface area contributed by atoms with Crippen molar-refractivity contribution in [2.45, 2.75) is 62.5 Å². The van der Waals surface area contributed by atoms with E-state index in [4.69, 9.17) is 27.9 Å². The molecule has 43 heavy (non-hydrogen) atoms. The molecule has 0 saturated carbocycles. The van der Waals surface area contributed by atoms with Gasteiger partial charge in [0.25, 0.3) is 10.0 Å². The van der Waals surface area contributed by atoms with E-state index in [1.165, 1.54) is 28.8 Å². The fraction of sp³-hybridized carbons (Fsp3) is 0.355. The van der Waals surface area contributed by atoms with Crippen molar-refractivity contribution in [1.29, 1.82) is 0 Å². The first kappa shape index (κ1) is 34.6. The zero-order valence-electron chi connectivity index (χ0n) is 24.8. The average molecular weight is 667 g/mol. The van der Waals surface area contributed by atoms with E-state index in [1.807, 2.05) is 27.0 Å². The van der Waals surface area contributed by atoms with Gasteiger partial charge in [0.2, 0.25) is 11.8 Å². The first-order valence-corrected chi connectivity index (χ1v) is 17.3. The van der Waals surface area contributed by atoms with Crippen molar-refractivity contribution in [2.75, 3.05) is 23.7 Å². The second kappa shape index (κ2) is 15.7. The number of benzene rings is 3. The standard InChI is InChI=1S/C31H37Cl2N3O5S2/c1-6-29(31(38)34-21(3)4)35(19-22-8-9-23(32)18-28(22)33)30(37)20-36(24-10-12-25(13-11-24)41-7-2)43(39,40)27-16-14-26(42-5)15-17-27/h8-18,21,29H,6-7,19-20H2,1-5H3,(H,34,38). The minimum atomic E-state index is -4.20. The smallest absolute Gasteiger partial charge is 0.264 e. The molecule has 0 bridgehead atoms. The highest BCUT2D eigenvalue weighted by Gasteiger charge is 2.34. The van der Waals surface area contributed by atoms with E-state index in [1.54, 1.807) is 61.5 Å². The molecule has 1 unspecified atom stereocenters. The molecule has 0 aliphatic heterocycles. The summed E-state index contributed by atoms with van der Waals surface area (Å²) in [6, 6.07) is 16.8. The maximum atomic E-state index is 14.2. The number of hydrogen-bond acceptors (Lipinski definition) is 6. The lowest BCUT2D eigenvalue weighted by molar-refractivity contribution is -0.140. The molecule has 1 atom stereocenters. The van der Waals surface area contributed by atoms with Crippen molar-refractivity contribution in [3.63, 3.8) is 0 Å². The minimum absolute atomic E-state index is 0.0293. The van der Waals surface area contributed by atoms with Crippen LogP contribution in [-0.2, 0) is 26.2 Å². The summed E-state index contributed by atoms with van der Waals surface area (Å²) in [4.78, 5) is 29.8. The third-order valence-corrected chi connectivity index (χ3v) is 9.65. The maximum Gasteiger partial charge on any atom is 0.264 e. The van der Waals surface area contributed by atoms with Crippen LogP contribution >= 0.6 is 35.0 Å². The van der Waals surface area contributed by atoms with Crippen LogP contribution in [0.1, 0.15) is 39.7 Å². The molecule has 3 aromatic carbocycles. The minimum Gasteiger partial charge on any atom is -0.494 e. The van der Waals surface area contributed by atoms with Crippen molar-refractivity contribution in [2.24, 2.45) is 0 Å². The summed E-state index contributed by atoms with van der Waals surface area (Å²) in [6.07, 6.45) is 2.19. The summed E-state index contributed by atoms with van der Waals surface area (Å²) < 4.78 is 34.7. The number of nitrogens with one attached hydrogen (secondary N) is 1. The highest BCUT2D eigenvalue weighted by Crippen LogP contribution is 2.29. The van der Waals surface area contributed by atoms with Gasteiger partial charge in [-0.1, -0.05) is 36.2 Å². The van der Waals surface area contributed by atoms with E-state index in [0.29, 0.717) is 34.4 Å². The Balaban J connectivity index is 2.09. The van der Waals surface area contributed by atoms with E-state index in [9.17, 15) is 18.0 Å². The van der Waals surface area contributed by atoms with Gasteiger partial charge in [-0.25, -0.2) is 8.42 Å². The Morgan fingerprint density at radius 1 is 0.977 bits per heavy atom. The Bertz CT molecular complexity index is 1500. The highest BCUT2D eigenvalue weighted by atomic mass is 35.5. The number of ether oxygens (including phenoxy) is 1. The van der Waals surface area contributed by atoms with Gasteiger partial charge in [0.05, 0.1) is 17.2 Å². The third-order valence-electron chi connectivity index (χ3n) is 6.53. The number of sulfonamides is 1. The second-order valence-electron chi connectivity index (χ2n) is 9.96. The lowest BCUT2D eigenvalue weighted by Crippen LogP contribution is -2.53. The van der Waals surface area contributed by atoms with E-state index < -0.39 is 28.5 Å². The lowest BCUT2D eigenvalue weighted by Gasteiger charge is -2.33. The number of halogens is 2. The number of anilines is 1. The third kappa shape index (κ3) is 9.04. The Morgan fingerprint density at radius 3 is 2.16 bits per heavy atom. The van der Waals surface area contributed by atoms with E-state index in [2.05, 4.69) is 5.32 Å². The molecule has 3 rings (SSSR count). The van der Waals surface area contributed by atoms with Crippen molar-refractivity contribution in [3.8, 4) is 5.75 Å². The molecule has 0 spiro atoms. The van der Waals surface area contributed by atoms with Crippen LogP contribution in [0.3, 0.4) is 0 Å². The molecular weight excluding hydrogens is 629 g/mol. The zero-order chi connectivity index (χ0) is 31.7. The van der Waals surface area contributed by atoms with Crippen molar-refractivity contribution in [1.82, 2.24) is 10.2 Å². The van der Waals surface area contributed by atoms with Crippen LogP contribution in [-0.4, -0.2) is 56.6 Å². The van der Waals surface area contributed by atoms with Crippen LogP contribution in [0.2, 0.25) is 10.0 Å². The van der Waals surface area contributed by atoms with Crippen LogP contribution in [0.15, 0.2) is 76.5 Å². The molecule has 0 fully saturated rings. The van der Waals surface area contributed by atoms with E-state index in [-0.39, 0.29) is 29.1 Å². The summed E-state index contributed by atoms with van der Waals surface area (Å²) in [7, 11) is -4.20. The summed E-state index contributed by atoms with van der Waals surface area (Å²) in [5.74, 6) is -0.358. The molecule has 0 heterocycles. The van der Waals surface area contributed by atoms with Crippen molar-refractivity contribution < 1.29 is 22.7 Å². The fourth-order valence-corrected chi connectivity index (χ4v) is 6.70. The average Bonchev–Trinajstić information content (AvgIpc) is 2.97. The first-order valence-electron chi connectivity index (χ1n) is 13.8. The molecule has 2 amide bonds. The second-order valence-corrected chi connectivity index (χ2v) is 13.5. The summed E-state index contributed by atoms with van der Waals surface area (Å²) in [6.45, 7) is 7.16. The Hall–Kier alpha value is -2.92. The Kier molecular flexibility index (Phi) is 12.6. The monoisotopic (exact) mass is 665 g/mol. The molecule has 12 heteroatoms. The number of nitrogens with zero attached hydrogens (tertiary/aromatic N) is 2. The quantitative estimate of drug-likeness (QED) is 0.194. The molecule has 0 aliphatic carbocycles. The van der Waals surface area contributed by atoms with Gasteiger partial charge in [-0.2, -0.15) is 0 Å². The molecule has 232 valence electrons. The number of carbonyl (C=O) groups excluding carboxylic acids is 2. The molecule has 0 saturated heterocycles. The van der Waals surface area contributed by atoms with E-state index in [0.717, 1.165) is 9.20 Å². The van der Waals surface area contributed by atoms with Crippen LogP contribution in [0, 0.1) is 0 Å². The molecular formula is C31H37Cl2N3O5S2. The number of rotatable bonds is 14. The largest absolute Gasteiger partial charge is 0.494 e. The molecule has 3 aromatic rings. The number of thioether (sulfide) groups is 1. The number of carbonyl (C=O) groups is 2. The normalized spacial score (nSPS) is 12.1. The Labute approximate surface area is 268 Å². The summed E-state index contributed by atoms with van der Waals surface area (Å²) >= 11 is 14.1. The van der Waals surface area contributed by atoms with Gasteiger partial charge in [0, 0.05) is 27.5 Å². The predicted octanol–water partition coefficient (Wildman–Crippen LogP) is 6.64. The number of hydrogen-bond donors (Lipinski definition) is 1. The van der Waals surface area contributed by atoms with Crippen molar-refractivity contribution >= 4 is 62.5 Å². The molecule has 1 N–H and O–H groups in total. The lowest BCUT2D eigenvalue weighted by atomic mass is 10.1. The maximum absolute atomic E-state index is 14.2. The predicted molar refractivity (Wildman–Crippen MR) is 175 cm³/mol. The van der Waals surface area contributed by atoms with Gasteiger partial charge < -0.3 is 15.0 Å². The SMILES string of the molecule is CCOc1ccc(N(CC(=O)N(Cc2ccc(Cl)cc2Cl)C(CC)C(=O)NC(C)C)S(=O)(=O)c2ccc(SC)cc2)cc1. The molecule has 0 radical (unpaired) electrons. The zero-order valence-corrected chi connectivity index (χ0v) is 28.0. The number of amides is 2. The van der Waals surface area contributed by atoms with Crippen LogP contribution in [0.4, 0.5) is 5.69 Å². The van der Waals surface area contributed by atoms with Crippen LogP contribution in [0.25, 0.3) is 0 Å². The van der Waals surface area contributed by atoms with Gasteiger partial charge in [-0.05, 0) is 99.7 Å². The van der Waals surface area contributed by atoms with Gasteiger partial charge in [0.15, 0.2) is 0 Å². The van der Waals surface area contributed by atoms with Gasteiger partial charge in [-0.15, -0.1) is 11.8 Å². The summed E-state index contributed by atoms with van der Waals surface area (Å²) in [5.41, 5.74) is 0.841. The molecule has 8 nitrogen and oxygen atoms in total. The summed E-state index contributed by atoms with van der Waals surface area (Å²) in [5, 5.41) is 3.63.